The van der Waals surface area contributed by atoms with Crippen molar-refractivity contribution in [2.45, 2.75) is 128 Å². The Morgan fingerprint density at radius 1 is 0.317 bits per heavy atom. The first-order chi connectivity index (χ1) is 28.2. The quantitative estimate of drug-likeness (QED) is 0.0652. The molecule has 1 aliphatic rings. The van der Waals surface area contributed by atoms with Gasteiger partial charge in [-0.25, -0.2) is 0 Å². The molecule has 12 heteroatoms. The Morgan fingerprint density at radius 2 is 0.450 bits per heavy atom. The lowest BCUT2D eigenvalue weighted by Gasteiger charge is -2.32. The fourth-order valence-corrected chi connectivity index (χ4v) is 10.3. The molecule has 0 atom stereocenters. The van der Waals surface area contributed by atoms with Crippen molar-refractivity contribution in [1.82, 2.24) is 0 Å². The van der Waals surface area contributed by atoms with Crippen molar-refractivity contribution < 1.29 is 40.9 Å². The average Bonchev–Trinajstić information content (AvgIpc) is 3.16. The Labute approximate surface area is 374 Å². The SMILES string of the molecule is CC(C)CC1c2cc(c(O)c(CCl)c2O)C(CC(C)C)c2cc(c(O)c(CCl)c2O)C(CC(C)C)c2cc(c(O)c(CCl)c2O)C(CC(C)C)c2cc1c(O)c(CCl)c2O. The summed E-state index contributed by atoms with van der Waals surface area (Å²) in [6.45, 7) is 16.0. The van der Waals surface area contributed by atoms with Crippen LogP contribution in [-0.4, -0.2) is 40.9 Å². The van der Waals surface area contributed by atoms with Crippen molar-refractivity contribution in [2.24, 2.45) is 23.7 Å². The zero-order chi connectivity index (χ0) is 44.7. The van der Waals surface area contributed by atoms with Gasteiger partial charge in [0.25, 0.3) is 0 Å². The van der Waals surface area contributed by atoms with Crippen LogP contribution in [0.25, 0.3) is 0 Å². The molecule has 0 heterocycles. The number of rotatable bonds is 12. The van der Waals surface area contributed by atoms with Gasteiger partial charge < -0.3 is 40.9 Å². The van der Waals surface area contributed by atoms with Gasteiger partial charge in [0.1, 0.15) is 46.0 Å². The molecule has 5 rings (SSSR count). The molecule has 0 spiro atoms. The van der Waals surface area contributed by atoms with Crippen LogP contribution in [0.4, 0.5) is 0 Å². The largest absolute Gasteiger partial charge is 0.507 e. The number of phenolic OH excluding ortho intramolecular Hbond substituents is 8. The van der Waals surface area contributed by atoms with E-state index in [1.54, 1.807) is 24.3 Å². The van der Waals surface area contributed by atoms with Gasteiger partial charge in [-0.1, -0.05) is 55.4 Å². The van der Waals surface area contributed by atoms with E-state index in [0.717, 1.165) is 0 Å². The molecule has 0 radical (unpaired) electrons. The summed E-state index contributed by atoms with van der Waals surface area (Å²) >= 11 is 26.3. The van der Waals surface area contributed by atoms with E-state index < -0.39 is 23.7 Å². The summed E-state index contributed by atoms with van der Waals surface area (Å²) in [7, 11) is 0. The van der Waals surface area contributed by atoms with Gasteiger partial charge in [0.2, 0.25) is 0 Å². The number of hydrogen-bond donors (Lipinski definition) is 8. The highest BCUT2D eigenvalue weighted by molar-refractivity contribution is 6.18. The summed E-state index contributed by atoms with van der Waals surface area (Å²) in [6, 6.07) is 6.82. The predicted octanol–water partition coefficient (Wildman–Crippen LogP) is 13.3. The van der Waals surface area contributed by atoms with E-state index in [1.807, 2.05) is 55.4 Å². The molecule has 4 aromatic carbocycles. The van der Waals surface area contributed by atoms with Crippen molar-refractivity contribution in [3.63, 3.8) is 0 Å². The van der Waals surface area contributed by atoms with Gasteiger partial charge in [-0.15, -0.1) is 46.4 Å². The Bertz CT molecular complexity index is 1790. The molecular formula is C48H60Cl4O8. The number of fused-ring (bicyclic) bond motifs is 8. The molecule has 0 saturated heterocycles. The molecule has 8 N–H and O–H groups in total. The molecule has 0 aliphatic heterocycles. The maximum absolute atomic E-state index is 12.1. The van der Waals surface area contributed by atoms with Crippen molar-refractivity contribution in [2.75, 3.05) is 0 Å². The van der Waals surface area contributed by atoms with E-state index in [9.17, 15) is 40.9 Å². The summed E-state index contributed by atoms with van der Waals surface area (Å²) in [4.78, 5) is 0. The highest BCUT2D eigenvalue weighted by atomic mass is 35.5. The number of hydrogen-bond acceptors (Lipinski definition) is 8. The Hall–Kier alpha value is -3.56. The molecule has 8 nitrogen and oxygen atoms in total. The molecule has 0 saturated carbocycles. The Kier molecular flexibility index (Phi) is 15.2. The number of alkyl halides is 4. The van der Waals surface area contributed by atoms with E-state index >= 15 is 0 Å². The smallest absolute Gasteiger partial charge is 0.127 e. The van der Waals surface area contributed by atoms with Crippen LogP contribution in [0.2, 0.25) is 0 Å². The predicted molar refractivity (Wildman–Crippen MR) is 243 cm³/mol. The van der Waals surface area contributed by atoms with Gasteiger partial charge in [0, 0.05) is 68.2 Å². The molecule has 1 aliphatic carbocycles. The van der Waals surface area contributed by atoms with E-state index in [2.05, 4.69) is 0 Å². The van der Waals surface area contributed by atoms with Crippen LogP contribution in [0.5, 0.6) is 46.0 Å². The number of phenols is 8. The summed E-state index contributed by atoms with van der Waals surface area (Å²) in [5, 5.41) is 96.9. The third-order valence-corrected chi connectivity index (χ3v) is 13.2. The normalized spacial score (nSPS) is 18.0. The molecule has 4 aromatic rings. The second kappa shape index (κ2) is 19.2. The van der Waals surface area contributed by atoms with Crippen LogP contribution < -0.4 is 0 Å². The Morgan fingerprint density at radius 3 is 0.550 bits per heavy atom. The van der Waals surface area contributed by atoms with Crippen LogP contribution in [0, 0.1) is 23.7 Å². The zero-order valence-corrected chi connectivity index (χ0v) is 38.7. The first kappa shape index (κ1) is 47.5. The zero-order valence-electron chi connectivity index (χ0n) is 35.7. The Balaban J connectivity index is 2.16. The molecule has 0 unspecified atom stereocenters. The summed E-state index contributed by atoms with van der Waals surface area (Å²) in [6.07, 6.45) is 1.54. The van der Waals surface area contributed by atoms with Crippen LogP contribution in [0.1, 0.15) is 172 Å². The molecule has 60 heavy (non-hydrogen) atoms. The highest BCUT2D eigenvalue weighted by Crippen LogP contribution is 2.56. The van der Waals surface area contributed by atoms with Crippen LogP contribution in [0.15, 0.2) is 24.3 Å². The highest BCUT2D eigenvalue weighted by Gasteiger charge is 2.37. The van der Waals surface area contributed by atoms with E-state index in [0.29, 0.717) is 70.2 Å². The fraction of sp³-hybridized carbons (Fsp3) is 0.500. The molecule has 0 aromatic heterocycles. The second-order valence-corrected chi connectivity index (χ2v) is 19.3. The third kappa shape index (κ3) is 8.86. The lowest BCUT2D eigenvalue weighted by molar-refractivity contribution is 0.404. The average molecular weight is 907 g/mol. The van der Waals surface area contributed by atoms with Gasteiger partial charge in [0.05, 0.1) is 45.8 Å². The number of aromatic hydroxyl groups is 8. The van der Waals surface area contributed by atoms with Crippen LogP contribution in [0.3, 0.4) is 0 Å². The molecule has 0 fully saturated rings. The summed E-state index contributed by atoms with van der Waals surface area (Å²) in [5.41, 5.74) is 3.10. The van der Waals surface area contributed by atoms with E-state index in [-0.39, 0.29) is 115 Å². The fourth-order valence-electron chi connectivity index (χ4n) is 9.26. The topological polar surface area (TPSA) is 162 Å². The van der Waals surface area contributed by atoms with E-state index in [1.165, 1.54) is 0 Å². The monoisotopic (exact) mass is 904 g/mol. The summed E-state index contributed by atoms with van der Waals surface area (Å²) in [5.74, 6) is -6.21. The molecular weight excluding hydrogens is 846 g/mol. The van der Waals surface area contributed by atoms with Crippen LogP contribution in [-0.2, 0) is 23.5 Å². The minimum Gasteiger partial charge on any atom is -0.507 e. The van der Waals surface area contributed by atoms with E-state index in [4.69, 9.17) is 46.4 Å². The van der Waals surface area contributed by atoms with Crippen molar-refractivity contribution in [1.29, 1.82) is 0 Å². The first-order valence-corrected chi connectivity index (χ1v) is 22.9. The maximum atomic E-state index is 12.1. The number of halogens is 4. The number of benzene rings is 4. The van der Waals surface area contributed by atoms with Gasteiger partial charge in [0.15, 0.2) is 0 Å². The van der Waals surface area contributed by atoms with Gasteiger partial charge in [-0.2, -0.15) is 0 Å². The molecule has 8 bridgehead atoms. The van der Waals surface area contributed by atoms with Crippen molar-refractivity contribution in [3.05, 3.63) is 91.0 Å². The lowest BCUT2D eigenvalue weighted by atomic mass is 9.73. The van der Waals surface area contributed by atoms with Crippen LogP contribution >= 0.6 is 46.4 Å². The van der Waals surface area contributed by atoms with Crippen molar-refractivity contribution >= 4 is 46.4 Å². The molecule has 328 valence electrons. The van der Waals surface area contributed by atoms with Gasteiger partial charge in [-0.05, 0) is 73.6 Å². The van der Waals surface area contributed by atoms with Gasteiger partial charge >= 0.3 is 0 Å². The lowest BCUT2D eigenvalue weighted by Crippen LogP contribution is -2.15. The third-order valence-electron chi connectivity index (χ3n) is 12.1. The summed E-state index contributed by atoms with van der Waals surface area (Å²) < 4.78 is 0. The standard InChI is InChI=1S/C48H60Cl4O8/c1-21(2)9-25-29-13-31(43(55)37(17-49)41(29)53)26(10-22(3)4)33-15-35(47(59)39(19-51)45(33)57)28(12-24(7)8)36-16-34(46(58)40(20-52)48(36)60)27(11-23(5)6)32-14-30(25)42(54)38(18-50)44(32)56/h13-16,21-28,53-60H,9-12,17-20H2,1-8H3. The first-order valence-electron chi connectivity index (χ1n) is 20.8. The minimum atomic E-state index is -0.750. The second-order valence-electron chi connectivity index (χ2n) is 18.2. The van der Waals surface area contributed by atoms with Gasteiger partial charge in [-0.3, -0.25) is 0 Å². The van der Waals surface area contributed by atoms with Crippen molar-refractivity contribution in [3.8, 4) is 46.0 Å². The minimum absolute atomic E-state index is 0.00595. The molecule has 0 amide bonds. The maximum Gasteiger partial charge on any atom is 0.127 e.